The van der Waals surface area contributed by atoms with E-state index in [0.29, 0.717) is 30.2 Å². The van der Waals surface area contributed by atoms with Gasteiger partial charge in [-0.2, -0.15) is 0 Å². The molecule has 0 bridgehead atoms. The zero-order valence-electron chi connectivity index (χ0n) is 10.8. The molecule has 18 heavy (non-hydrogen) atoms. The molecule has 1 amide bonds. The number of rotatable bonds is 3. The highest BCUT2D eigenvalue weighted by molar-refractivity contribution is 5.95. The Bertz CT molecular complexity index is 485. The number of carboxylic acids is 1. The Morgan fingerprint density at radius 2 is 2.06 bits per heavy atom. The van der Waals surface area contributed by atoms with Gasteiger partial charge in [-0.3, -0.25) is 9.59 Å². The Labute approximate surface area is 105 Å². The van der Waals surface area contributed by atoms with Crippen LogP contribution in [0, 0.1) is 25.7 Å². The van der Waals surface area contributed by atoms with Gasteiger partial charge < -0.3 is 14.4 Å². The maximum absolute atomic E-state index is 12.1. The fraction of sp³-hybridized carbons (Fsp3) is 0.538. The van der Waals surface area contributed by atoms with Crippen molar-refractivity contribution in [3.05, 3.63) is 23.2 Å². The van der Waals surface area contributed by atoms with Gasteiger partial charge in [-0.05, 0) is 19.9 Å². The number of aryl methyl sites for hydroxylation is 2. The summed E-state index contributed by atoms with van der Waals surface area (Å²) < 4.78 is 5.33. The van der Waals surface area contributed by atoms with Crippen LogP contribution in [-0.4, -0.2) is 35.0 Å². The normalized spacial score (nSPS) is 17.4. The van der Waals surface area contributed by atoms with E-state index in [1.165, 1.54) is 0 Å². The summed E-state index contributed by atoms with van der Waals surface area (Å²) in [6, 6.07) is 1.73. The summed E-state index contributed by atoms with van der Waals surface area (Å²) in [7, 11) is 0. The molecule has 98 valence electrons. The van der Waals surface area contributed by atoms with Crippen molar-refractivity contribution in [1.82, 2.24) is 4.90 Å². The van der Waals surface area contributed by atoms with Gasteiger partial charge in [0, 0.05) is 19.0 Å². The minimum absolute atomic E-state index is 0.0553. The predicted molar refractivity (Wildman–Crippen MR) is 64.4 cm³/mol. The van der Waals surface area contributed by atoms with Crippen LogP contribution in [0.2, 0.25) is 0 Å². The van der Waals surface area contributed by atoms with E-state index in [1.54, 1.807) is 31.7 Å². The topological polar surface area (TPSA) is 70.8 Å². The minimum atomic E-state index is -0.803. The fourth-order valence-corrected chi connectivity index (χ4v) is 2.21. The van der Waals surface area contributed by atoms with Gasteiger partial charge in [-0.15, -0.1) is 0 Å². The number of carbonyl (C=O) groups excluding carboxylic acids is 1. The molecule has 1 aromatic heterocycles. The lowest BCUT2D eigenvalue weighted by atomic mass is 9.86. The molecule has 5 heteroatoms. The zero-order valence-corrected chi connectivity index (χ0v) is 10.8. The number of furan rings is 1. The molecular weight excluding hydrogens is 234 g/mol. The van der Waals surface area contributed by atoms with Crippen molar-refractivity contribution in [1.29, 1.82) is 0 Å². The van der Waals surface area contributed by atoms with Crippen LogP contribution in [0.15, 0.2) is 10.5 Å². The van der Waals surface area contributed by atoms with Gasteiger partial charge in [0.05, 0.1) is 11.5 Å². The number of aliphatic carboxylic acids is 1. The number of carboxylic acid groups (broad SMARTS) is 1. The molecule has 1 aliphatic heterocycles. The molecule has 1 saturated heterocycles. The van der Waals surface area contributed by atoms with Crippen LogP contribution in [0.3, 0.4) is 0 Å². The maximum Gasteiger partial charge on any atom is 0.306 e. The summed E-state index contributed by atoms with van der Waals surface area (Å²) >= 11 is 0. The monoisotopic (exact) mass is 251 g/mol. The first-order valence-electron chi connectivity index (χ1n) is 5.99. The summed E-state index contributed by atoms with van der Waals surface area (Å²) in [5.74, 6) is 0.112. The predicted octanol–water partition coefficient (Wildman–Crippen LogP) is 1.69. The van der Waals surface area contributed by atoms with Crippen molar-refractivity contribution >= 4 is 11.9 Å². The van der Waals surface area contributed by atoms with E-state index < -0.39 is 11.9 Å². The lowest BCUT2D eigenvalue weighted by molar-refractivity contribution is -0.144. The lowest BCUT2D eigenvalue weighted by Gasteiger charge is -2.41. The van der Waals surface area contributed by atoms with Gasteiger partial charge in [-0.1, -0.05) is 6.92 Å². The van der Waals surface area contributed by atoms with E-state index in [1.807, 2.05) is 0 Å². The van der Waals surface area contributed by atoms with Gasteiger partial charge >= 0.3 is 5.97 Å². The summed E-state index contributed by atoms with van der Waals surface area (Å²) in [6.45, 7) is 6.26. The smallest absolute Gasteiger partial charge is 0.306 e. The molecule has 5 nitrogen and oxygen atoms in total. The Morgan fingerprint density at radius 1 is 1.44 bits per heavy atom. The summed E-state index contributed by atoms with van der Waals surface area (Å²) in [5.41, 5.74) is 0.578. The largest absolute Gasteiger partial charge is 0.481 e. The van der Waals surface area contributed by atoms with Gasteiger partial charge in [-0.25, -0.2) is 0 Å². The number of hydrogen-bond acceptors (Lipinski definition) is 3. The highest BCUT2D eigenvalue weighted by atomic mass is 16.4. The molecule has 0 spiro atoms. The highest BCUT2D eigenvalue weighted by Crippen LogP contribution is 2.27. The third kappa shape index (κ3) is 2.12. The second-order valence-corrected chi connectivity index (χ2v) is 4.92. The van der Waals surface area contributed by atoms with Crippen LogP contribution < -0.4 is 0 Å². The SMILES string of the molecule is Cc1cc(C(=O)N2CC(C(C)C(=O)O)C2)c(C)o1. The average molecular weight is 251 g/mol. The number of hydrogen-bond donors (Lipinski definition) is 1. The maximum atomic E-state index is 12.1. The number of amides is 1. The molecule has 0 aromatic carbocycles. The minimum Gasteiger partial charge on any atom is -0.481 e. The van der Waals surface area contributed by atoms with Crippen LogP contribution in [-0.2, 0) is 4.79 Å². The summed E-state index contributed by atoms with van der Waals surface area (Å²) in [6.07, 6.45) is 0. The van der Waals surface area contributed by atoms with Gasteiger partial charge in [0.2, 0.25) is 0 Å². The number of carbonyl (C=O) groups is 2. The van der Waals surface area contributed by atoms with E-state index in [2.05, 4.69) is 0 Å². The Hall–Kier alpha value is -1.78. The van der Waals surface area contributed by atoms with Crippen LogP contribution in [0.25, 0.3) is 0 Å². The van der Waals surface area contributed by atoms with Crippen LogP contribution in [0.1, 0.15) is 28.8 Å². The Balaban J connectivity index is 1.98. The molecule has 0 saturated carbocycles. The van der Waals surface area contributed by atoms with Gasteiger partial charge in [0.25, 0.3) is 5.91 Å². The highest BCUT2D eigenvalue weighted by Gasteiger charge is 2.38. The number of nitrogens with zero attached hydrogens (tertiary/aromatic N) is 1. The first-order chi connectivity index (χ1) is 8.40. The second-order valence-electron chi connectivity index (χ2n) is 4.92. The van der Waals surface area contributed by atoms with Crippen molar-refractivity contribution in [3.8, 4) is 0 Å². The van der Waals surface area contributed by atoms with Crippen molar-refractivity contribution in [2.45, 2.75) is 20.8 Å². The molecule has 1 N–H and O–H groups in total. The molecule has 0 aliphatic carbocycles. The first kappa shape index (κ1) is 12.7. The van der Waals surface area contributed by atoms with Crippen molar-refractivity contribution in [2.24, 2.45) is 11.8 Å². The van der Waals surface area contributed by atoms with Crippen LogP contribution in [0.5, 0.6) is 0 Å². The molecule has 2 rings (SSSR count). The molecule has 1 fully saturated rings. The molecule has 1 atom stereocenters. The van der Waals surface area contributed by atoms with Gasteiger partial charge in [0.1, 0.15) is 11.5 Å². The molecule has 1 aliphatic rings. The summed E-state index contributed by atoms with van der Waals surface area (Å²) in [5, 5.41) is 8.89. The third-order valence-corrected chi connectivity index (χ3v) is 3.57. The van der Waals surface area contributed by atoms with E-state index in [9.17, 15) is 9.59 Å². The molecular formula is C13H17NO4. The van der Waals surface area contributed by atoms with E-state index in [4.69, 9.17) is 9.52 Å². The van der Waals surface area contributed by atoms with Crippen molar-refractivity contribution in [3.63, 3.8) is 0 Å². The second kappa shape index (κ2) is 4.48. The quantitative estimate of drug-likeness (QED) is 0.887. The zero-order chi connectivity index (χ0) is 13.4. The average Bonchev–Trinajstić information content (AvgIpc) is 2.55. The standard InChI is InChI=1S/C13H17NO4/c1-7-4-11(9(3)18-7)12(15)14-5-10(6-14)8(2)13(16)17/h4,8,10H,5-6H2,1-3H3,(H,16,17). The van der Waals surface area contributed by atoms with Gasteiger partial charge in [0.15, 0.2) is 0 Å². The Kier molecular flexibility index (Phi) is 3.15. The van der Waals surface area contributed by atoms with E-state index >= 15 is 0 Å². The third-order valence-electron chi connectivity index (χ3n) is 3.57. The molecule has 1 aromatic rings. The van der Waals surface area contributed by atoms with E-state index in [-0.39, 0.29) is 11.8 Å². The van der Waals surface area contributed by atoms with Crippen LogP contribution in [0.4, 0.5) is 0 Å². The molecule has 1 unspecified atom stereocenters. The Morgan fingerprint density at radius 3 is 2.50 bits per heavy atom. The van der Waals surface area contributed by atoms with Crippen molar-refractivity contribution < 1.29 is 19.1 Å². The molecule has 0 radical (unpaired) electrons. The first-order valence-corrected chi connectivity index (χ1v) is 5.99. The number of likely N-dealkylation sites (tertiary alicyclic amines) is 1. The van der Waals surface area contributed by atoms with E-state index in [0.717, 1.165) is 0 Å². The summed E-state index contributed by atoms with van der Waals surface area (Å²) in [4.78, 5) is 24.6. The lowest BCUT2D eigenvalue weighted by Crippen LogP contribution is -2.53. The van der Waals surface area contributed by atoms with Crippen LogP contribution >= 0.6 is 0 Å². The molecule has 2 heterocycles. The van der Waals surface area contributed by atoms with Crippen molar-refractivity contribution in [2.75, 3.05) is 13.1 Å². The fourth-order valence-electron chi connectivity index (χ4n) is 2.21.